The Morgan fingerprint density at radius 2 is 2.17 bits per heavy atom. The molecule has 0 saturated carbocycles. The van der Waals surface area contributed by atoms with E-state index in [4.69, 9.17) is 0 Å². The van der Waals surface area contributed by atoms with Crippen molar-refractivity contribution in [2.45, 2.75) is 38.9 Å². The summed E-state index contributed by atoms with van der Waals surface area (Å²) in [6, 6.07) is 5.74. The van der Waals surface area contributed by atoms with Gasteiger partial charge in [0.25, 0.3) is 0 Å². The lowest BCUT2D eigenvalue weighted by molar-refractivity contribution is 0.235. The fraction of sp³-hybridized carbons (Fsp3) is 0.471. The quantitative estimate of drug-likeness (QED) is 0.847. The molecule has 128 valence electrons. The van der Waals surface area contributed by atoms with Crippen molar-refractivity contribution in [2.24, 2.45) is 0 Å². The molecule has 0 aliphatic carbocycles. The summed E-state index contributed by atoms with van der Waals surface area (Å²) in [4.78, 5) is 18.7. The van der Waals surface area contributed by atoms with Crippen molar-refractivity contribution in [2.75, 3.05) is 18.0 Å². The highest BCUT2D eigenvalue weighted by Gasteiger charge is 2.13. The lowest BCUT2D eigenvalue weighted by atomic mass is 10.3. The molecule has 2 N–H and O–H groups in total. The number of pyridine rings is 1. The Hall–Kier alpha value is -2.57. The maximum Gasteiger partial charge on any atom is 0.315 e. The second kappa shape index (κ2) is 7.81. The highest BCUT2D eigenvalue weighted by Crippen LogP contribution is 2.17. The molecule has 7 heteroatoms. The van der Waals surface area contributed by atoms with Gasteiger partial charge >= 0.3 is 6.03 Å². The molecule has 24 heavy (non-hydrogen) atoms. The zero-order valence-electron chi connectivity index (χ0n) is 14.0. The van der Waals surface area contributed by atoms with Gasteiger partial charge in [-0.3, -0.25) is 4.68 Å². The van der Waals surface area contributed by atoms with Crippen LogP contribution in [-0.4, -0.2) is 39.9 Å². The number of rotatable bonds is 6. The lowest BCUT2D eigenvalue weighted by Crippen LogP contribution is -2.42. The SMILES string of the molecule is CC(Cn1cccn1)NC(=O)NCc1ccc(N2CCCC2)nc1. The Kier molecular flexibility index (Phi) is 5.30. The Morgan fingerprint density at radius 1 is 1.33 bits per heavy atom. The van der Waals surface area contributed by atoms with E-state index in [-0.39, 0.29) is 12.1 Å². The molecule has 1 unspecified atom stereocenters. The summed E-state index contributed by atoms with van der Waals surface area (Å²) in [5, 5.41) is 9.90. The summed E-state index contributed by atoms with van der Waals surface area (Å²) in [5.74, 6) is 1.02. The minimum atomic E-state index is -0.182. The fourth-order valence-electron chi connectivity index (χ4n) is 2.85. The lowest BCUT2D eigenvalue weighted by Gasteiger charge is -2.17. The van der Waals surface area contributed by atoms with Crippen LogP contribution in [0.25, 0.3) is 0 Å². The van der Waals surface area contributed by atoms with Crippen LogP contribution >= 0.6 is 0 Å². The van der Waals surface area contributed by atoms with Crippen LogP contribution in [0.4, 0.5) is 10.6 Å². The first kappa shape index (κ1) is 16.3. The van der Waals surface area contributed by atoms with Crippen LogP contribution < -0.4 is 15.5 Å². The second-order valence-corrected chi connectivity index (χ2v) is 6.17. The molecule has 3 rings (SSSR count). The van der Waals surface area contributed by atoms with Crippen LogP contribution in [0, 0.1) is 0 Å². The van der Waals surface area contributed by atoms with Gasteiger partial charge in [-0.05, 0) is 37.5 Å². The number of anilines is 1. The summed E-state index contributed by atoms with van der Waals surface area (Å²) in [7, 11) is 0. The van der Waals surface area contributed by atoms with Crippen molar-refractivity contribution in [3.05, 3.63) is 42.4 Å². The van der Waals surface area contributed by atoms with Gasteiger partial charge in [0.1, 0.15) is 5.82 Å². The van der Waals surface area contributed by atoms with Gasteiger partial charge in [-0.15, -0.1) is 0 Å². The average Bonchev–Trinajstić information content (AvgIpc) is 3.27. The number of aromatic nitrogens is 3. The molecule has 1 aliphatic heterocycles. The Morgan fingerprint density at radius 3 is 2.83 bits per heavy atom. The van der Waals surface area contributed by atoms with E-state index in [1.165, 1.54) is 12.8 Å². The van der Waals surface area contributed by atoms with Crippen molar-refractivity contribution in [1.82, 2.24) is 25.4 Å². The highest BCUT2D eigenvalue weighted by atomic mass is 16.2. The zero-order chi connectivity index (χ0) is 16.8. The third-order valence-corrected chi connectivity index (χ3v) is 4.09. The molecule has 7 nitrogen and oxygen atoms in total. The largest absolute Gasteiger partial charge is 0.357 e. The van der Waals surface area contributed by atoms with Gasteiger partial charge in [0.05, 0.1) is 6.54 Å². The number of urea groups is 1. The van der Waals surface area contributed by atoms with Crippen molar-refractivity contribution >= 4 is 11.8 Å². The van der Waals surface area contributed by atoms with Gasteiger partial charge in [-0.2, -0.15) is 5.10 Å². The number of nitrogens with one attached hydrogen (secondary N) is 2. The van der Waals surface area contributed by atoms with Crippen LogP contribution in [0.1, 0.15) is 25.3 Å². The van der Waals surface area contributed by atoms with Crippen LogP contribution in [0.5, 0.6) is 0 Å². The van der Waals surface area contributed by atoms with Crippen molar-refractivity contribution in [1.29, 1.82) is 0 Å². The minimum absolute atomic E-state index is 0.000526. The topological polar surface area (TPSA) is 75.1 Å². The predicted octanol–water partition coefficient (Wildman–Crippen LogP) is 1.77. The first-order chi connectivity index (χ1) is 11.7. The Balaban J connectivity index is 1.42. The van der Waals surface area contributed by atoms with E-state index in [9.17, 15) is 4.79 Å². The molecule has 0 bridgehead atoms. The van der Waals surface area contributed by atoms with E-state index in [1.54, 1.807) is 10.9 Å². The first-order valence-corrected chi connectivity index (χ1v) is 8.42. The first-order valence-electron chi connectivity index (χ1n) is 8.42. The number of amides is 2. The fourth-order valence-corrected chi connectivity index (χ4v) is 2.85. The number of hydrogen-bond acceptors (Lipinski definition) is 4. The van der Waals surface area contributed by atoms with Gasteiger partial charge in [-0.25, -0.2) is 9.78 Å². The Bertz CT molecular complexity index is 634. The van der Waals surface area contributed by atoms with Gasteiger partial charge in [0, 0.05) is 44.3 Å². The molecule has 0 radical (unpaired) electrons. The molecular weight excluding hydrogens is 304 g/mol. The highest BCUT2D eigenvalue weighted by molar-refractivity contribution is 5.74. The predicted molar refractivity (Wildman–Crippen MR) is 92.7 cm³/mol. The van der Waals surface area contributed by atoms with E-state index in [0.29, 0.717) is 13.1 Å². The van der Waals surface area contributed by atoms with E-state index in [2.05, 4.69) is 25.6 Å². The van der Waals surface area contributed by atoms with Gasteiger partial charge < -0.3 is 15.5 Å². The normalized spacial score (nSPS) is 15.3. The van der Waals surface area contributed by atoms with Crippen LogP contribution in [0.15, 0.2) is 36.8 Å². The molecule has 0 spiro atoms. The summed E-state index contributed by atoms with van der Waals surface area (Å²) in [6.07, 6.45) is 7.92. The molecule has 2 aromatic rings. The summed E-state index contributed by atoms with van der Waals surface area (Å²) in [5.41, 5.74) is 0.993. The molecule has 2 amide bonds. The van der Waals surface area contributed by atoms with Crippen LogP contribution in [-0.2, 0) is 13.1 Å². The van der Waals surface area contributed by atoms with Gasteiger partial charge in [0.15, 0.2) is 0 Å². The molecule has 2 aromatic heterocycles. The molecule has 0 aromatic carbocycles. The number of carbonyl (C=O) groups excluding carboxylic acids is 1. The van der Waals surface area contributed by atoms with Crippen LogP contribution in [0.2, 0.25) is 0 Å². The smallest absolute Gasteiger partial charge is 0.315 e. The van der Waals surface area contributed by atoms with Gasteiger partial charge in [0.2, 0.25) is 0 Å². The number of hydrogen-bond donors (Lipinski definition) is 2. The van der Waals surface area contributed by atoms with Gasteiger partial charge in [-0.1, -0.05) is 6.07 Å². The van der Waals surface area contributed by atoms with E-state index < -0.39 is 0 Å². The second-order valence-electron chi connectivity index (χ2n) is 6.17. The molecule has 1 atom stereocenters. The van der Waals surface area contributed by atoms with E-state index in [1.807, 2.05) is 37.5 Å². The zero-order valence-corrected chi connectivity index (χ0v) is 14.0. The van der Waals surface area contributed by atoms with Crippen molar-refractivity contribution in [3.8, 4) is 0 Å². The van der Waals surface area contributed by atoms with Crippen molar-refractivity contribution < 1.29 is 4.79 Å². The summed E-state index contributed by atoms with van der Waals surface area (Å²) in [6.45, 7) is 5.23. The molecular formula is C17H24N6O. The maximum atomic E-state index is 12.0. The molecule has 1 aliphatic rings. The Labute approximate surface area is 142 Å². The van der Waals surface area contributed by atoms with E-state index >= 15 is 0 Å². The summed E-state index contributed by atoms with van der Waals surface area (Å²) >= 11 is 0. The van der Waals surface area contributed by atoms with E-state index in [0.717, 1.165) is 24.5 Å². The standard InChI is InChI=1S/C17H24N6O/c1-14(13-23-10-4-7-20-23)21-17(24)19-12-15-5-6-16(18-11-15)22-8-2-3-9-22/h4-7,10-11,14H,2-3,8-9,12-13H2,1H3,(H2,19,21,24). The molecule has 3 heterocycles. The minimum Gasteiger partial charge on any atom is -0.357 e. The molecule has 1 fully saturated rings. The van der Waals surface area contributed by atoms with Crippen molar-refractivity contribution in [3.63, 3.8) is 0 Å². The number of nitrogens with zero attached hydrogens (tertiary/aromatic N) is 4. The maximum absolute atomic E-state index is 12.0. The monoisotopic (exact) mass is 328 g/mol. The van der Waals surface area contributed by atoms with Crippen LogP contribution in [0.3, 0.4) is 0 Å². The average molecular weight is 328 g/mol. The third-order valence-electron chi connectivity index (χ3n) is 4.09. The third kappa shape index (κ3) is 4.47. The number of carbonyl (C=O) groups is 1. The summed E-state index contributed by atoms with van der Waals surface area (Å²) < 4.78 is 1.80. The molecule has 1 saturated heterocycles.